The van der Waals surface area contributed by atoms with E-state index < -0.39 is 0 Å². The zero-order valence-corrected chi connectivity index (χ0v) is 32.8. The van der Waals surface area contributed by atoms with Crippen molar-refractivity contribution in [2.24, 2.45) is 20.4 Å². The number of piperazine rings is 2. The Kier molecular flexibility index (Phi) is 21.1. The predicted octanol–water partition coefficient (Wildman–Crippen LogP) is -0.625. The van der Waals surface area contributed by atoms with Crippen LogP contribution in [0.2, 0.25) is 0 Å². The highest BCUT2D eigenvalue weighted by Gasteiger charge is 2.17. The fraction of sp³-hybridized carbons (Fsp3) is 0.733. The molecule has 0 aliphatic carbocycles. The molecule has 6 heterocycles. The Bertz CT molecular complexity index is 1090. The van der Waals surface area contributed by atoms with E-state index >= 15 is 0 Å². The summed E-state index contributed by atoms with van der Waals surface area (Å²) in [4.78, 5) is 10.00. The van der Waals surface area contributed by atoms with Crippen LogP contribution in [0, 0.1) is 0 Å². The number of hydrogen-bond donors (Lipinski definition) is 8. The van der Waals surface area contributed by atoms with Gasteiger partial charge in [0.2, 0.25) is 0 Å². The fourth-order valence-electron chi connectivity index (χ4n) is 5.35. The molecule has 0 atom stereocenters. The second-order valence-corrected chi connectivity index (χ2v) is 13.9. The average Bonchev–Trinajstić information content (AvgIpc) is 3.11. The highest BCUT2D eigenvalue weighted by Crippen LogP contribution is 2.04. The van der Waals surface area contributed by atoms with Gasteiger partial charge < -0.3 is 40.9 Å². The molecular formula is C30H56N16S4. The highest BCUT2D eigenvalue weighted by molar-refractivity contribution is 7.80. The normalized spacial score (nSPS) is 30.7. The molecule has 6 aliphatic rings. The van der Waals surface area contributed by atoms with Crippen LogP contribution >= 0.6 is 48.9 Å². The second-order valence-electron chi connectivity index (χ2n) is 12.3. The van der Waals surface area contributed by atoms with Crippen LogP contribution in [0.4, 0.5) is 0 Å². The van der Waals surface area contributed by atoms with Crippen molar-refractivity contribution in [2.45, 2.75) is 39.5 Å². The summed E-state index contributed by atoms with van der Waals surface area (Å²) in [5.74, 6) is 0. The molecule has 0 unspecified atom stereocenters. The Morgan fingerprint density at radius 1 is 0.420 bits per heavy atom. The molecule has 4 bridgehead atoms. The number of rotatable bonds is 0. The van der Waals surface area contributed by atoms with E-state index in [2.05, 4.69) is 83.0 Å². The fourth-order valence-corrected chi connectivity index (χ4v) is 5.96. The van der Waals surface area contributed by atoms with E-state index in [4.69, 9.17) is 48.9 Å². The van der Waals surface area contributed by atoms with Gasteiger partial charge in [0, 0.05) is 78.5 Å². The van der Waals surface area contributed by atoms with Crippen LogP contribution in [-0.4, -0.2) is 169 Å². The third-order valence-electron chi connectivity index (χ3n) is 8.18. The molecule has 50 heavy (non-hydrogen) atoms. The third-order valence-corrected chi connectivity index (χ3v) is 9.12. The lowest BCUT2D eigenvalue weighted by Crippen LogP contribution is -2.47. The average molecular weight is 769 g/mol. The summed E-state index contributed by atoms with van der Waals surface area (Å²) in [7, 11) is 0. The van der Waals surface area contributed by atoms with Gasteiger partial charge >= 0.3 is 0 Å². The monoisotopic (exact) mass is 768 g/mol. The van der Waals surface area contributed by atoms with Crippen molar-refractivity contribution >= 4 is 93.2 Å². The van der Waals surface area contributed by atoms with Gasteiger partial charge in [0.1, 0.15) is 0 Å². The molecule has 0 amide bonds. The molecule has 280 valence electrons. The smallest absolute Gasteiger partial charge is 0.186 e. The van der Waals surface area contributed by atoms with E-state index in [1.165, 1.54) is 0 Å². The molecule has 0 saturated carbocycles. The van der Waals surface area contributed by atoms with Gasteiger partial charge in [-0.05, 0) is 115 Å². The van der Waals surface area contributed by atoms with E-state index in [0.29, 0.717) is 31.9 Å². The summed E-state index contributed by atoms with van der Waals surface area (Å²) in [6.07, 6.45) is 7.22. The van der Waals surface area contributed by atoms with E-state index in [0.717, 1.165) is 130 Å². The van der Waals surface area contributed by atoms with Gasteiger partial charge in [-0.3, -0.25) is 21.7 Å². The standard InChI is InChI=1S/C30H56N16S4/c1-25-23-35-39-27(47)31-7-3-11-43-15-17-44(18-16-43)12-4-8-32-28(48)40-36-24-26(2)38-42-30(50)34-10-6-14-46-21-19-45(20-22-46)13-5-9-33-29(49)41-37-25/h23-24H,3-22H2,1-2H3,(H2,31,39,47)(H2,32,40,48)(H2,33,41,49)(H2,34,42,50)/b35-23+,36-24+,37-25+,38-26+. The molecule has 0 aromatic carbocycles. The highest BCUT2D eigenvalue weighted by atomic mass is 32.1. The van der Waals surface area contributed by atoms with Crippen molar-refractivity contribution in [2.75, 3.05) is 105 Å². The van der Waals surface area contributed by atoms with Crippen LogP contribution in [0.15, 0.2) is 20.4 Å². The summed E-state index contributed by atoms with van der Waals surface area (Å²) >= 11 is 21.4. The molecule has 6 aliphatic heterocycles. The van der Waals surface area contributed by atoms with Crippen LogP contribution in [0.5, 0.6) is 0 Å². The van der Waals surface area contributed by atoms with Gasteiger partial charge in [0.25, 0.3) is 0 Å². The van der Waals surface area contributed by atoms with Crippen molar-refractivity contribution < 1.29 is 0 Å². The van der Waals surface area contributed by atoms with E-state index in [1.807, 2.05) is 13.8 Å². The molecule has 0 radical (unpaired) electrons. The van der Waals surface area contributed by atoms with Gasteiger partial charge in [-0.15, -0.1) is 0 Å². The SMILES string of the molecule is CC1=N\NC(=S)NCCCN2CCN(CCCNC(=S)N/N=C(C)/C=N/NC(=S)NCCCN3CCN(CCCNC(=S)N\N=C\1)CC3)CC2. The third kappa shape index (κ3) is 19.6. The topological polar surface area (TPSA) is 159 Å². The molecule has 8 N–H and O–H groups in total. The maximum absolute atomic E-state index is 5.37. The Morgan fingerprint density at radius 3 is 0.960 bits per heavy atom. The quantitative estimate of drug-likeness (QED) is 0.147. The number of hydrazone groups is 4. The molecule has 0 aromatic heterocycles. The van der Waals surface area contributed by atoms with Crippen LogP contribution in [0.25, 0.3) is 0 Å². The maximum atomic E-state index is 5.37. The van der Waals surface area contributed by atoms with Crippen LogP contribution in [-0.2, 0) is 0 Å². The first-order chi connectivity index (χ1) is 24.3. The largest absolute Gasteiger partial charge is 0.361 e. The zero-order valence-electron chi connectivity index (χ0n) is 29.5. The van der Waals surface area contributed by atoms with Gasteiger partial charge in [0.15, 0.2) is 20.4 Å². The lowest BCUT2D eigenvalue weighted by Gasteiger charge is -2.34. The van der Waals surface area contributed by atoms with E-state index in [9.17, 15) is 0 Å². The molecule has 0 aromatic rings. The lowest BCUT2D eigenvalue weighted by atomic mass is 10.2. The van der Waals surface area contributed by atoms with Crippen molar-refractivity contribution in [3.8, 4) is 0 Å². The van der Waals surface area contributed by atoms with Gasteiger partial charge in [-0.2, -0.15) is 20.4 Å². The first-order valence-electron chi connectivity index (χ1n) is 17.5. The Hall–Kier alpha value is -2.72. The molecule has 2 saturated heterocycles. The Labute approximate surface area is 319 Å². The van der Waals surface area contributed by atoms with Gasteiger partial charge in [-0.25, -0.2) is 0 Å². The van der Waals surface area contributed by atoms with Crippen molar-refractivity contribution in [3.05, 3.63) is 0 Å². The van der Waals surface area contributed by atoms with E-state index in [-0.39, 0.29) is 0 Å². The minimum absolute atomic E-state index is 0.490. The van der Waals surface area contributed by atoms with Gasteiger partial charge in [0.05, 0.1) is 23.9 Å². The summed E-state index contributed by atoms with van der Waals surface area (Å²) < 4.78 is 0. The number of hydrogen-bond acceptors (Lipinski definition) is 12. The minimum Gasteiger partial charge on any atom is -0.361 e. The van der Waals surface area contributed by atoms with Crippen LogP contribution < -0.4 is 43.0 Å². The minimum atomic E-state index is 0.490. The van der Waals surface area contributed by atoms with Crippen LogP contribution in [0.3, 0.4) is 0 Å². The number of nitrogens with one attached hydrogen (secondary N) is 8. The second kappa shape index (κ2) is 25.3. The van der Waals surface area contributed by atoms with Crippen molar-refractivity contribution in [1.29, 1.82) is 0 Å². The molecule has 16 nitrogen and oxygen atoms in total. The number of thiocarbonyl (C=S) groups is 4. The molecule has 6 rings (SSSR count). The summed E-state index contributed by atoms with van der Waals surface area (Å²) in [6.45, 7) is 19.4. The lowest BCUT2D eigenvalue weighted by molar-refractivity contribution is 0.131. The first kappa shape index (κ1) is 41.7. The summed E-state index contributed by atoms with van der Waals surface area (Å²) in [6, 6.07) is 0. The zero-order chi connectivity index (χ0) is 35.8. The summed E-state index contributed by atoms with van der Waals surface area (Å²) in [5.41, 5.74) is 12.8. The van der Waals surface area contributed by atoms with Gasteiger partial charge in [-0.1, -0.05) is 0 Å². The maximum Gasteiger partial charge on any atom is 0.186 e. The molecular weight excluding hydrogens is 713 g/mol. The van der Waals surface area contributed by atoms with E-state index in [1.54, 1.807) is 12.4 Å². The molecule has 20 heteroatoms. The van der Waals surface area contributed by atoms with Crippen molar-refractivity contribution in [3.63, 3.8) is 0 Å². The van der Waals surface area contributed by atoms with Crippen LogP contribution in [0.1, 0.15) is 39.5 Å². The number of nitrogens with zero attached hydrogens (tertiary/aromatic N) is 8. The first-order valence-corrected chi connectivity index (χ1v) is 19.1. The Balaban J connectivity index is 1.40. The Morgan fingerprint density at radius 2 is 0.680 bits per heavy atom. The molecule has 0 spiro atoms. The summed E-state index contributed by atoms with van der Waals surface area (Å²) in [5, 5.41) is 31.7. The predicted molar refractivity (Wildman–Crippen MR) is 222 cm³/mol. The molecule has 2 fully saturated rings. The van der Waals surface area contributed by atoms with Crippen molar-refractivity contribution in [1.82, 2.24) is 62.6 Å².